The molecular formula is C11H13N5O. The van der Waals surface area contributed by atoms with E-state index in [9.17, 15) is 4.79 Å². The van der Waals surface area contributed by atoms with Crippen LogP contribution in [0.1, 0.15) is 17.4 Å². The topological polar surface area (TPSA) is 72.7 Å². The minimum absolute atomic E-state index is 0.00120. The molecule has 2 aromatic rings. The smallest absolute Gasteiger partial charge is 0.271 e. The Bertz CT molecular complexity index is 468. The van der Waals surface area contributed by atoms with E-state index >= 15 is 0 Å². The molecule has 6 nitrogen and oxygen atoms in total. The maximum atomic E-state index is 11.7. The van der Waals surface area contributed by atoms with Crippen molar-refractivity contribution in [1.82, 2.24) is 24.8 Å². The zero-order chi connectivity index (χ0) is 12.1. The average molecular weight is 231 g/mol. The number of amides is 1. The molecule has 1 atom stereocenters. The van der Waals surface area contributed by atoms with E-state index in [-0.39, 0.29) is 11.9 Å². The Hall–Kier alpha value is -2.24. The van der Waals surface area contributed by atoms with E-state index in [2.05, 4.69) is 20.3 Å². The molecule has 0 saturated carbocycles. The third-order valence-electron chi connectivity index (χ3n) is 2.22. The third-order valence-corrected chi connectivity index (χ3v) is 2.22. The van der Waals surface area contributed by atoms with E-state index in [0.29, 0.717) is 12.2 Å². The van der Waals surface area contributed by atoms with Gasteiger partial charge in [0.15, 0.2) is 0 Å². The number of hydrogen-bond acceptors (Lipinski definition) is 4. The lowest BCUT2D eigenvalue weighted by Crippen LogP contribution is -2.35. The molecule has 0 aromatic carbocycles. The molecule has 2 aromatic heterocycles. The van der Waals surface area contributed by atoms with Crippen molar-refractivity contribution in [1.29, 1.82) is 0 Å². The second-order valence-corrected chi connectivity index (χ2v) is 3.72. The molecule has 1 N–H and O–H groups in total. The number of aromatic nitrogens is 4. The van der Waals surface area contributed by atoms with E-state index in [1.54, 1.807) is 12.5 Å². The van der Waals surface area contributed by atoms with Crippen molar-refractivity contribution in [3.05, 3.63) is 43.0 Å². The standard InChI is InChI=1S/C11H13N5O/c1-9(7-16-5-4-13-8-16)15-11(17)10-6-12-2-3-14-10/h2-6,8-9H,7H2,1H3,(H,15,17). The van der Waals surface area contributed by atoms with Crippen LogP contribution in [0.4, 0.5) is 0 Å². The minimum Gasteiger partial charge on any atom is -0.346 e. The van der Waals surface area contributed by atoms with Crippen molar-refractivity contribution in [3.8, 4) is 0 Å². The number of hydrogen-bond donors (Lipinski definition) is 1. The second-order valence-electron chi connectivity index (χ2n) is 3.72. The first-order valence-corrected chi connectivity index (χ1v) is 5.28. The summed E-state index contributed by atoms with van der Waals surface area (Å²) < 4.78 is 1.90. The van der Waals surface area contributed by atoms with Crippen LogP contribution in [0.5, 0.6) is 0 Å². The van der Waals surface area contributed by atoms with Crippen molar-refractivity contribution in [2.75, 3.05) is 0 Å². The van der Waals surface area contributed by atoms with Crippen LogP contribution in [0.3, 0.4) is 0 Å². The van der Waals surface area contributed by atoms with Crippen LogP contribution in [0.25, 0.3) is 0 Å². The molecule has 0 aliphatic carbocycles. The molecule has 88 valence electrons. The predicted octanol–water partition coefficient (Wildman–Crippen LogP) is 0.492. The van der Waals surface area contributed by atoms with Crippen molar-refractivity contribution >= 4 is 5.91 Å². The summed E-state index contributed by atoms with van der Waals surface area (Å²) in [6.07, 6.45) is 9.74. The predicted molar refractivity (Wildman–Crippen MR) is 61.2 cm³/mol. The van der Waals surface area contributed by atoms with Crippen LogP contribution in [0.2, 0.25) is 0 Å². The summed E-state index contributed by atoms with van der Waals surface area (Å²) >= 11 is 0. The van der Waals surface area contributed by atoms with Crippen molar-refractivity contribution in [2.45, 2.75) is 19.5 Å². The summed E-state index contributed by atoms with van der Waals surface area (Å²) in [5, 5.41) is 2.84. The first kappa shape index (κ1) is 11.3. The normalized spacial score (nSPS) is 12.1. The van der Waals surface area contributed by atoms with Crippen LogP contribution in [-0.4, -0.2) is 31.5 Å². The van der Waals surface area contributed by atoms with Gasteiger partial charge in [0.1, 0.15) is 5.69 Å². The Morgan fingerprint density at radius 1 is 1.41 bits per heavy atom. The van der Waals surface area contributed by atoms with Gasteiger partial charge in [-0.1, -0.05) is 0 Å². The lowest BCUT2D eigenvalue weighted by Gasteiger charge is -2.13. The van der Waals surface area contributed by atoms with E-state index in [4.69, 9.17) is 0 Å². The SMILES string of the molecule is CC(Cn1ccnc1)NC(=O)c1cnccn1. The van der Waals surface area contributed by atoms with Crippen molar-refractivity contribution in [3.63, 3.8) is 0 Å². The number of nitrogens with zero attached hydrogens (tertiary/aromatic N) is 4. The summed E-state index contributed by atoms with van der Waals surface area (Å²) in [5.74, 6) is -0.217. The Balaban J connectivity index is 1.91. The van der Waals surface area contributed by atoms with Crippen LogP contribution < -0.4 is 5.32 Å². The van der Waals surface area contributed by atoms with E-state index in [1.165, 1.54) is 18.6 Å². The van der Waals surface area contributed by atoms with Crippen molar-refractivity contribution in [2.24, 2.45) is 0 Å². The van der Waals surface area contributed by atoms with Crippen LogP contribution in [0.15, 0.2) is 37.3 Å². The molecule has 1 unspecified atom stereocenters. The van der Waals surface area contributed by atoms with Gasteiger partial charge in [-0.25, -0.2) is 9.97 Å². The van der Waals surface area contributed by atoms with Gasteiger partial charge < -0.3 is 9.88 Å². The molecule has 0 spiro atoms. The fourth-order valence-corrected chi connectivity index (χ4v) is 1.47. The summed E-state index contributed by atoms with van der Waals surface area (Å²) in [5.41, 5.74) is 0.324. The van der Waals surface area contributed by atoms with Crippen LogP contribution in [0, 0.1) is 0 Å². The molecule has 6 heteroatoms. The van der Waals surface area contributed by atoms with Gasteiger partial charge in [0.2, 0.25) is 0 Å². The molecule has 0 saturated heterocycles. The number of nitrogens with one attached hydrogen (secondary N) is 1. The van der Waals surface area contributed by atoms with E-state index < -0.39 is 0 Å². The zero-order valence-electron chi connectivity index (χ0n) is 9.45. The van der Waals surface area contributed by atoms with Gasteiger partial charge in [-0.2, -0.15) is 0 Å². The molecule has 0 radical (unpaired) electrons. The van der Waals surface area contributed by atoms with Crippen molar-refractivity contribution < 1.29 is 4.79 Å². The average Bonchev–Trinajstić information content (AvgIpc) is 2.82. The van der Waals surface area contributed by atoms with Gasteiger partial charge >= 0.3 is 0 Å². The highest BCUT2D eigenvalue weighted by atomic mass is 16.1. The maximum absolute atomic E-state index is 11.7. The summed E-state index contributed by atoms with van der Waals surface area (Å²) in [6, 6.07) is -0.00120. The molecule has 17 heavy (non-hydrogen) atoms. The second kappa shape index (κ2) is 5.20. The zero-order valence-corrected chi connectivity index (χ0v) is 9.45. The largest absolute Gasteiger partial charge is 0.346 e. The monoisotopic (exact) mass is 231 g/mol. The Morgan fingerprint density at radius 3 is 2.94 bits per heavy atom. The summed E-state index contributed by atoms with van der Waals surface area (Å²) in [4.78, 5) is 23.5. The molecule has 0 fully saturated rings. The Kier molecular flexibility index (Phi) is 3.44. The third kappa shape index (κ3) is 3.10. The molecular weight excluding hydrogens is 218 g/mol. The quantitative estimate of drug-likeness (QED) is 0.831. The molecule has 2 rings (SSSR count). The maximum Gasteiger partial charge on any atom is 0.271 e. The fourth-order valence-electron chi connectivity index (χ4n) is 1.47. The van der Waals surface area contributed by atoms with Crippen LogP contribution in [-0.2, 0) is 6.54 Å². The molecule has 0 aliphatic rings. The number of carbonyl (C=O) groups excluding carboxylic acids is 1. The minimum atomic E-state index is -0.217. The fraction of sp³-hybridized carbons (Fsp3) is 0.273. The van der Waals surface area contributed by atoms with Gasteiger partial charge in [-0.05, 0) is 6.92 Å². The van der Waals surface area contributed by atoms with Gasteiger partial charge in [-0.3, -0.25) is 9.78 Å². The number of carbonyl (C=O) groups is 1. The van der Waals surface area contributed by atoms with E-state index in [1.807, 2.05) is 17.7 Å². The van der Waals surface area contributed by atoms with Crippen LogP contribution >= 0.6 is 0 Å². The number of rotatable bonds is 4. The first-order chi connectivity index (χ1) is 8.25. The highest BCUT2D eigenvalue weighted by Gasteiger charge is 2.10. The van der Waals surface area contributed by atoms with Gasteiger partial charge in [0, 0.05) is 37.4 Å². The first-order valence-electron chi connectivity index (χ1n) is 5.28. The molecule has 0 bridgehead atoms. The lowest BCUT2D eigenvalue weighted by atomic mass is 10.3. The van der Waals surface area contributed by atoms with Gasteiger partial charge in [-0.15, -0.1) is 0 Å². The lowest BCUT2D eigenvalue weighted by molar-refractivity contribution is 0.0931. The van der Waals surface area contributed by atoms with Gasteiger partial charge in [0.05, 0.1) is 12.5 Å². The van der Waals surface area contributed by atoms with Gasteiger partial charge in [0.25, 0.3) is 5.91 Å². The Morgan fingerprint density at radius 2 is 2.29 bits per heavy atom. The highest BCUT2D eigenvalue weighted by molar-refractivity contribution is 5.92. The molecule has 0 aliphatic heterocycles. The summed E-state index contributed by atoms with van der Waals surface area (Å²) in [7, 11) is 0. The Labute approximate surface area is 98.7 Å². The molecule has 1 amide bonds. The summed E-state index contributed by atoms with van der Waals surface area (Å²) in [6.45, 7) is 2.60. The number of imidazole rings is 1. The highest BCUT2D eigenvalue weighted by Crippen LogP contribution is 1.95. The molecule has 2 heterocycles. The van der Waals surface area contributed by atoms with E-state index in [0.717, 1.165) is 0 Å².